The lowest BCUT2D eigenvalue weighted by atomic mass is 10.1. The van der Waals surface area contributed by atoms with Gasteiger partial charge < -0.3 is 10.1 Å². The summed E-state index contributed by atoms with van der Waals surface area (Å²) in [7, 11) is 0.867. The topological polar surface area (TPSA) is 111 Å². The number of anilines is 1. The smallest absolute Gasteiger partial charge is 0.339 e. The van der Waals surface area contributed by atoms with Gasteiger partial charge in [0.05, 0.1) is 27.5 Å². The van der Waals surface area contributed by atoms with Crippen LogP contribution < -0.4 is 5.32 Å². The second-order valence-corrected chi connectivity index (χ2v) is 9.12. The zero-order valence-electron chi connectivity index (χ0n) is 17.6. The Morgan fingerprint density at radius 1 is 1.21 bits per heavy atom. The molecule has 0 radical (unpaired) electrons. The maximum Gasteiger partial charge on any atom is 0.339 e. The number of hydrogen-bond acceptors (Lipinski definition) is 6. The summed E-state index contributed by atoms with van der Waals surface area (Å²) < 4.78 is 32.6. The molecule has 0 unspecified atom stereocenters. The minimum Gasteiger partial charge on any atom is -0.449 e. The Morgan fingerprint density at radius 2 is 1.83 bits per heavy atom. The molecule has 0 bridgehead atoms. The van der Waals surface area contributed by atoms with Gasteiger partial charge in [0.25, 0.3) is 5.91 Å². The predicted octanol–water partition coefficient (Wildman–Crippen LogP) is 1.78. The van der Waals surface area contributed by atoms with Gasteiger partial charge in [0.15, 0.2) is 6.10 Å². The SMILES string of the molecule is Cc1ccc(S(=O)(=O)N(C)C)cc1C(=O)O[C@H](C)C(=O)Nc1c(C)nn(C)c1C. The molecule has 1 heterocycles. The van der Waals surface area contributed by atoms with Gasteiger partial charge in [-0.3, -0.25) is 9.48 Å². The van der Waals surface area contributed by atoms with E-state index in [4.69, 9.17) is 4.74 Å². The Bertz CT molecular complexity index is 1060. The lowest BCUT2D eigenvalue weighted by Gasteiger charge is -2.16. The number of ether oxygens (including phenoxy) is 1. The van der Waals surface area contributed by atoms with Crippen LogP contribution in [0.1, 0.15) is 34.2 Å². The van der Waals surface area contributed by atoms with Crippen LogP contribution in [-0.4, -0.2) is 54.6 Å². The zero-order valence-corrected chi connectivity index (χ0v) is 18.4. The minimum absolute atomic E-state index is 0.0289. The van der Waals surface area contributed by atoms with Gasteiger partial charge in [-0.05, 0) is 45.4 Å². The number of sulfonamides is 1. The van der Waals surface area contributed by atoms with E-state index >= 15 is 0 Å². The van der Waals surface area contributed by atoms with Gasteiger partial charge in [-0.15, -0.1) is 0 Å². The van der Waals surface area contributed by atoms with E-state index in [0.717, 1.165) is 10.00 Å². The number of amides is 1. The van der Waals surface area contributed by atoms with Gasteiger partial charge >= 0.3 is 5.97 Å². The molecule has 1 amide bonds. The van der Waals surface area contributed by atoms with E-state index in [1.54, 1.807) is 25.6 Å². The molecule has 1 aromatic carbocycles. The highest BCUT2D eigenvalue weighted by Crippen LogP contribution is 2.21. The molecule has 1 atom stereocenters. The number of aryl methyl sites for hydroxylation is 3. The summed E-state index contributed by atoms with van der Waals surface area (Å²) in [5.74, 6) is -1.28. The normalized spacial score (nSPS) is 12.7. The van der Waals surface area contributed by atoms with Crippen molar-refractivity contribution in [3.05, 3.63) is 40.7 Å². The Morgan fingerprint density at radius 3 is 2.34 bits per heavy atom. The van der Waals surface area contributed by atoms with Crippen LogP contribution in [0.2, 0.25) is 0 Å². The summed E-state index contributed by atoms with van der Waals surface area (Å²) in [5.41, 5.74) is 2.61. The van der Waals surface area contributed by atoms with Crippen molar-refractivity contribution in [2.75, 3.05) is 19.4 Å². The highest BCUT2D eigenvalue weighted by molar-refractivity contribution is 7.89. The summed E-state index contributed by atoms with van der Waals surface area (Å²) in [4.78, 5) is 25.0. The van der Waals surface area contributed by atoms with Crippen molar-refractivity contribution in [1.29, 1.82) is 0 Å². The third kappa shape index (κ3) is 4.65. The van der Waals surface area contributed by atoms with Gasteiger partial charge in [-0.25, -0.2) is 17.5 Å². The number of esters is 1. The van der Waals surface area contributed by atoms with Crippen LogP contribution in [-0.2, 0) is 26.6 Å². The molecule has 0 saturated heterocycles. The second-order valence-electron chi connectivity index (χ2n) is 6.97. The summed E-state index contributed by atoms with van der Waals surface area (Å²) in [6, 6.07) is 4.21. The fourth-order valence-electron chi connectivity index (χ4n) is 2.65. The molecule has 2 aromatic rings. The van der Waals surface area contributed by atoms with Crippen molar-refractivity contribution in [2.45, 2.75) is 38.7 Å². The molecule has 9 nitrogen and oxygen atoms in total. The van der Waals surface area contributed by atoms with Crippen LogP contribution in [0.5, 0.6) is 0 Å². The first-order valence-electron chi connectivity index (χ1n) is 8.91. The largest absolute Gasteiger partial charge is 0.449 e. The number of nitrogens with zero attached hydrogens (tertiary/aromatic N) is 3. The van der Waals surface area contributed by atoms with Gasteiger partial charge in [0.2, 0.25) is 10.0 Å². The fraction of sp³-hybridized carbons (Fsp3) is 0.421. The summed E-state index contributed by atoms with van der Waals surface area (Å²) >= 11 is 0. The molecule has 0 saturated carbocycles. The first-order chi connectivity index (χ1) is 13.4. The molecule has 0 aliphatic carbocycles. The first-order valence-corrected chi connectivity index (χ1v) is 10.4. The van der Waals surface area contributed by atoms with Gasteiger partial charge in [-0.1, -0.05) is 6.07 Å². The van der Waals surface area contributed by atoms with Crippen molar-refractivity contribution in [1.82, 2.24) is 14.1 Å². The van der Waals surface area contributed by atoms with Gasteiger partial charge in [0, 0.05) is 21.1 Å². The lowest BCUT2D eigenvalue weighted by Crippen LogP contribution is -2.30. The molecule has 1 aromatic heterocycles. The van der Waals surface area contributed by atoms with E-state index in [-0.39, 0.29) is 10.5 Å². The van der Waals surface area contributed by atoms with E-state index in [1.807, 2.05) is 6.92 Å². The molecule has 1 N–H and O–H groups in total. The monoisotopic (exact) mass is 422 g/mol. The molecular weight excluding hydrogens is 396 g/mol. The maximum absolute atomic E-state index is 12.6. The van der Waals surface area contributed by atoms with E-state index in [2.05, 4.69) is 10.4 Å². The van der Waals surface area contributed by atoms with Gasteiger partial charge in [0.1, 0.15) is 0 Å². The maximum atomic E-state index is 12.6. The molecule has 2 rings (SSSR count). The van der Waals surface area contributed by atoms with E-state index in [1.165, 1.54) is 39.2 Å². The van der Waals surface area contributed by atoms with Crippen molar-refractivity contribution in [3.63, 3.8) is 0 Å². The van der Waals surface area contributed by atoms with Crippen LogP contribution in [0, 0.1) is 20.8 Å². The molecule has 158 valence electrons. The third-order valence-corrected chi connectivity index (χ3v) is 6.43. The van der Waals surface area contributed by atoms with E-state index in [9.17, 15) is 18.0 Å². The molecule has 0 aliphatic rings. The molecule has 10 heteroatoms. The van der Waals surface area contributed by atoms with Crippen molar-refractivity contribution >= 4 is 27.6 Å². The Balaban J connectivity index is 2.20. The Kier molecular flexibility index (Phi) is 6.49. The molecule has 0 aliphatic heterocycles. The van der Waals surface area contributed by atoms with Crippen molar-refractivity contribution < 1.29 is 22.7 Å². The summed E-state index contributed by atoms with van der Waals surface area (Å²) in [6.07, 6.45) is -1.09. The molecular formula is C19H26N4O5S. The first kappa shape index (κ1) is 22.6. The zero-order chi connectivity index (χ0) is 22.1. The quantitative estimate of drug-likeness (QED) is 0.711. The van der Waals surface area contributed by atoms with Crippen LogP contribution >= 0.6 is 0 Å². The van der Waals surface area contributed by atoms with Crippen LogP contribution in [0.4, 0.5) is 5.69 Å². The Hall–Kier alpha value is -2.72. The number of benzene rings is 1. The van der Waals surface area contributed by atoms with Crippen LogP contribution in [0.25, 0.3) is 0 Å². The number of carbonyl (C=O) groups excluding carboxylic acids is 2. The second kappa shape index (κ2) is 8.34. The minimum atomic E-state index is -3.71. The highest BCUT2D eigenvalue weighted by Gasteiger charge is 2.24. The molecule has 0 spiro atoms. The number of rotatable bonds is 6. The summed E-state index contributed by atoms with van der Waals surface area (Å²) in [6.45, 7) is 6.69. The molecule has 29 heavy (non-hydrogen) atoms. The Labute approximate surface area is 170 Å². The fourth-order valence-corrected chi connectivity index (χ4v) is 3.58. The predicted molar refractivity (Wildman–Crippen MR) is 108 cm³/mol. The number of aromatic nitrogens is 2. The number of hydrogen-bond donors (Lipinski definition) is 1. The molecule has 0 fully saturated rings. The number of carbonyl (C=O) groups is 2. The van der Waals surface area contributed by atoms with E-state index < -0.39 is 28.0 Å². The van der Waals surface area contributed by atoms with Crippen LogP contribution in [0.15, 0.2) is 23.1 Å². The average Bonchev–Trinajstić information content (AvgIpc) is 2.87. The van der Waals surface area contributed by atoms with Gasteiger partial charge in [-0.2, -0.15) is 5.10 Å². The third-order valence-electron chi connectivity index (χ3n) is 4.62. The summed E-state index contributed by atoms with van der Waals surface area (Å²) in [5, 5.41) is 6.94. The highest BCUT2D eigenvalue weighted by atomic mass is 32.2. The number of nitrogens with one attached hydrogen (secondary N) is 1. The standard InChI is InChI=1S/C19H26N4O5S/c1-11-8-9-15(29(26,27)22(5)6)10-16(11)19(25)28-14(4)18(24)20-17-12(2)21-23(7)13(17)3/h8-10,14H,1-7H3,(H,20,24)/t14-/m1/s1. The lowest BCUT2D eigenvalue weighted by molar-refractivity contribution is -0.123. The van der Waals surface area contributed by atoms with Crippen LogP contribution in [0.3, 0.4) is 0 Å². The average molecular weight is 423 g/mol. The van der Waals surface area contributed by atoms with Crippen molar-refractivity contribution in [3.8, 4) is 0 Å². The van der Waals surface area contributed by atoms with E-state index in [0.29, 0.717) is 16.9 Å². The van der Waals surface area contributed by atoms with Crippen molar-refractivity contribution in [2.24, 2.45) is 7.05 Å².